The Morgan fingerprint density at radius 1 is 1.29 bits per heavy atom. The van der Waals surface area contributed by atoms with Crippen LogP contribution in [-0.2, 0) is 0 Å². The van der Waals surface area contributed by atoms with Crippen molar-refractivity contribution in [3.8, 4) is 11.5 Å². The fraction of sp³-hybridized carbons (Fsp3) is 0.500. The lowest BCUT2D eigenvalue weighted by molar-refractivity contribution is 0.0508. The van der Waals surface area contributed by atoms with E-state index in [0.29, 0.717) is 24.3 Å². The number of phenols is 2. The molecule has 0 aliphatic carbocycles. The molecule has 2 atom stereocenters. The van der Waals surface area contributed by atoms with Crippen molar-refractivity contribution in [2.75, 3.05) is 19.6 Å². The van der Waals surface area contributed by atoms with Gasteiger partial charge in [0.1, 0.15) is 28.2 Å². The summed E-state index contributed by atoms with van der Waals surface area (Å²) in [7, 11) is 0. The smallest absolute Gasteiger partial charge is 0.196 e. The summed E-state index contributed by atoms with van der Waals surface area (Å²) in [5.74, 6) is -0.400. The van der Waals surface area contributed by atoms with Gasteiger partial charge in [-0.05, 0) is 32.9 Å². The van der Waals surface area contributed by atoms with E-state index in [2.05, 4.69) is 11.8 Å². The highest BCUT2D eigenvalue weighted by atomic mass is 16.3. The van der Waals surface area contributed by atoms with Gasteiger partial charge in [0, 0.05) is 30.2 Å². The minimum atomic E-state index is -0.672. The number of aliphatic hydroxyl groups is 1. The van der Waals surface area contributed by atoms with E-state index >= 15 is 0 Å². The van der Waals surface area contributed by atoms with Crippen LogP contribution in [0.5, 0.6) is 11.5 Å². The summed E-state index contributed by atoms with van der Waals surface area (Å²) in [6, 6.07) is 2.47. The summed E-state index contributed by atoms with van der Waals surface area (Å²) < 4.78 is 5.67. The van der Waals surface area contributed by atoms with Crippen molar-refractivity contribution in [3.63, 3.8) is 0 Å². The lowest BCUT2D eigenvalue weighted by Gasteiger charge is -2.36. The first-order chi connectivity index (χ1) is 11.4. The van der Waals surface area contributed by atoms with Crippen molar-refractivity contribution in [2.45, 2.75) is 38.7 Å². The van der Waals surface area contributed by atoms with Crippen LogP contribution in [0, 0.1) is 6.92 Å². The largest absolute Gasteiger partial charge is 0.507 e. The minimum Gasteiger partial charge on any atom is -0.507 e. The zero-order valence-electron chi connectivity index (χ0n) is 14.0. The molecule has 1 aromatic carbocycles. The van der Waals surface area contributed by atoms with Gasteiger partial charge in [-0.15, -0.1) is 0 Å². The van der Waals surface area contributed by atoms with Gasteiger partial charge < -0.3 is 24.6 Å². The monoisotopic (exact) mass is 333 g/mol. The fourth-order valence-electron chi connectivity index (χ4n) is 3.65. The summed E-state index contributed by atoms with van der Waals surface area (Å²) in [6.45, 7) is 5.96. The Balaban J connectivity index is 2.11. The second kappa shape index (κ2) is 6.45. The molecule has 6 nitrogen and oxygen atoms in total. The third-order valence-electron chi connectivity index (χ3n) is 4.70. The first-order valence-corrected chi connectivity index (χ1v) is 8.32. The van der Waals surface area contributed by atoms with Crippen molar-refractivity contribution < 1.29 is 19.7 Å². The van der Waals surface area contributed by atoms with Crippen molar-refractivity contribution in [2.24, 2.45) is 0 Å². The third-order valence-corrected chi connectivity index (χ3v) is 4.70. The molecule has 0 amide bonds. The molecule has 24 heavy (non-hydrogen) atoms. The molecule has 2 heterocycles. The third kappa shape index (κ3) is 2.87. The average molecular weight is 333 g/mol. The van der Waals surface area contributed by atoms with E-state index in [0.717, 1.165) is 25.6 Å². The van der Waals surface area contributed by atoms with Crippen LogP contribution in [0.4, 0.5) is 0 Å². The normalized spacial score (nSPS) is 22.1. The molecule has 0 radical (unpaired) electrons. The number of benzene rings is 1. The molecule has 1 aliphatic rings. The van der Waals surface area contributed by atoms with Crippen LogP contribution in [-0.4, -0.2) is 46.0 Å². The molecule has 1 aliphatic heterocycles. The van der Waals surface area contributed by atoms with E-state index in [1.54, 1.807) is 6.92 Å². The molecule has 2 aromatic rings. The standard InChI is InChI=1S/C18H23NO5/c1-3-5-19-6-4-11(15(23)9-19)16-13(21)8-14(22)17-12(20)7-10(2)24-18(16)17/h7-8,11,15,21-23H,3-6,9H2,1-2H3/t11-,15+/m1/s1. The quantitative estimate of drug-likeness (QED) is 0.796. The number of β-amino-alcohol motifs (C(OH)–C–C–N with tert-alkyl or cyclic N) is 1. The zero-order chi connectivity index (χ0) is 17.4. The number of piperidine rings is 1. The number of hydrogen-bond acceptors (Lipinski definition) is 6. The Bertz CT molecular complexity index is 813. The van der Waals surface area contributed by atoms with E-state index in [1.165, 1.54) is 6.07 Å². The van der Waals surface area contributed by atoms with Crippen molar-refractivity contribution >= 4 is 11.0 Å². The van der Waals surface area contributed by atoms with Gasteiger partial charge in [-0.1, -0.05) is 6.92 Å². The summed E-state index contributed by atoms with van der Waals surface area (Å²) in [5.41, 5.74) is 0.225. The SMILES string of the molecule is CCCN1CC[C@@H](c2c(O)cc(O)c3c(=O)cc(C)oc23)[C@@H](O)C1. The van der Waals surface area contributed by atoms with Crippen LogP contribution >= 0.6 is 0 Å². The molecule has 130 valence electrons. The Labute approximate surface area is 140 Å². The first-order valence-electron chi connectivity index (χ1n) is 8.32. The van der Waals surface area contributed by atoms with Gasteiger partial charge in [-0.2, -0.15) is 0 Å². The van der Waals surface area contributed by atoms with Crippen LogP contribution in [0.2, 0.25) is 0 Å². The first kappa shape index (κ1) is 16.8. The Morgan fingerprint density at radius 3 is 2.71 bits per heavy atom. The molecule has 0 bridgehead atoms. The van der Waals surface area contributed by atoms with Crippen LogP contribution in [0.1, 0.15) is 37.0 Å². The van der Waals surface area contributed by atoms with Crippen molar-refractivity contribution in [3.05, 3.63) is 33.7 Å². The van der Waals surface area contributed by atoms with E-state index in [-0.39, 0.29) is 33.8 Å². The number of hydrogen-bond donors (Lipinski definition) is 3. The second-order valence-electron chi connectivity index (χ2n) is 6.52. The molecular formula is C18H23NO5. The topological polar surface area (TPSA) is 94.1 Å². The molecule has 0 unspecified atom stereocenters. The van der Waals surface area contributed by atoms with Crippen molar-refractivity contribution in [1.82, 2.24) is 4.90 Å². The number of likely N-dealkylation sites (tertiary alicyclic amines) is 1. The predicted molar refractivity (Wildman–Crippen MR) is 90.6 cm³/mol. The predicted octanol–water partition coefficient (Wildman–Crippen LogP) is 2.07. The summed E-state index contributed by atoms with van der Waals surface area (Å²) in [5, 5.41) is 31.0. The number of aliphatic hydroxyl groups excluding tert-OH is 1. The maximum Gasteiger partial charge on any atom is 0.196 e. The highest BCUT2D eigenvalue weighted by Crippen LogP contribution is 2.41. The fourth-order valence-corrected chi connectivity index (χ4v) is 3.65. The van der Waals surface area contributed by atoms with Gasteiger partial charge in [0.25, 0.3) is 0 Å². The number of aromatic hydroxyl groups is 2. The van der Waals surface area contributed by atoms with Gasteiger partial charge in [-0.3, -0.25) is 4.79 Å². The van der Waals surface area contributed by atoms with Crippen LogP contribution in [0.15, 0.2) is 21.3 Å². The van der Waals surface area contributed by atoms with Crippen LogP contribution in [0.25, 0.3) is 11.0 Å². The summed E-state index contributed by atoms with van der Waals surface area (Å²) in [6.07, 6.45) is 0.986. The second-order valence-corrected chi connectivity index (χ2v) is 6.52. The van der Waals surface area contributed by atoms with Gasteiger partial charge in [0.05, 0.1) is 6.10 Å². The molecule has 0 spiro atoms. The molecule has 1 saturated heterocycles. The van der Waals surface area contributed by atoms with Crippen LogP contribution < -0.4 is 5.43 Å². The molecule has 1 fully saturated rings. The van der Waals surface area contributed by atoms with E-state index in [4.69, 9.17) is 4.42 Å². The Hall–Kier alpha value is -2.05. The number of phenolic OH excluding ortho intramolecular Hbond substituents is 2. The van der Waals surface area contributed by atoms with E-state index in [1.807, 2.05) is 0 Å². The Kier molecular flexibility index (Phi) is 4.51. The van der Waals surface area contributed by atoms with Gasteiger partial charge in [-0.25, -0.2) is 0 Å². The Morgan fingerprint density at radius 2 is 2.04 bits per heavy atom. The van der Waals surface area contributed by atoms with Crippen LogP contribution in [0.3, 0.4) is 0 Å². The average Bonchev–Trinajstić information content (AvgIpc) is 2.48. The molecule has 3 rings (SSSR count). The highest BCUT2D eigenvalue weighted by molar-refractivity contribution is 5.88. The van der Waals surface area contributed by atoms with Gasteiger partial charge >= 0.3 is 0 Å². The molecule has 6 heteroatoms. The number of nitrogens with zero attached hydrogens (tertiary/aromatic N) is 1. The van der Waals surface area contributed by atoms with E-state index < -0.39 is 6.10 Å². The molecular weight excluding hydrogens is 310 g/mol. The number of fused-ring (bicyclic) bond motifs is 1. The summed E-state index contributed by atoms with van der Waals surface area (Å²) >= 11 is 0. The number of rotatable bonds is 3. The highest BCUT2D eigenvalue weighted by Gasteiger charge is 2.33. The maximum atomic E-state index is 12.2. The minimum absolute atomic E-state index is 0.0524. The summed E-state index contributed by atoms with van der Waals surface area (Å²) in [4.78, 5) is 14.4. The van der Waals surface area contributed by atoms with Crippen molar-refractivity contribution in [1.29, 1.82) is 0 Å². The number of aryl methyl sites for hydroxylation is 1. The zero-order valence-corrected chi connectivity index (χ0v) is 14.0. The maximum absolute atomic E-state index is 12.2. The van der Waals surface area contributed by atoms with Gasteiger partial charge in [0.15, 0.2) is 5.43 Å². The van der Waals surface area contributed by atoms with E-state index in [9.17, 15) is 20.1 Å². The molecule has 3 N–H and O–H groups in total. The van der Waals surface area contributed by atoms with Gasteiger partial charge in [0.2, 0.25) is 0 Å². The molecule has 1 aromatic heterocycles. The lowest BCUT2D eigenvalue weighted by Crippen LogP contribution is -2.43. The lowest BCUT2D eigenvalue weighted by atomic mass is 9.85. The molecule has 0 saturated carbocycles.